The maximum Gasteiger partial charge on any atom is 0.278 e. The summed E-state index contributed by atoms with van der Waals surface area (Å²) in [7, 11) is 0. The van der Waals surface area contributed by atoms with Crippen LogP contribution >= 0.6 is 0 Å². The molecule has 2 amide bonds. The van der Waals surface area contributed by atoms with Crippen molar-refractivity contribution in [3.8, 4) is 5.75 Å². The monoisotopic (exact) mass is 382 g/mol. The number of piperazine rings is 1. The topological polar surface area (TPSA) is 63.1 Å². The molecule has 1 atom stereocenters. The molecular formula is C22H28N3O3+. The normalized spacial score (nSPS) is 16.3. The van der Waals surface area contributed by atoms with E-state index in [1.165, 1.54) is 0 Å². The van der Waals surface area contributed by atoms with Crippen molar-refractivity contribution in [2.24, 2.45) is 0 Å². The van der Waals surface area contributed by atoms with Crippen molar-refractivity contribution >= 4 is 11.8 Å². The van der Waals surface area contributed by atoms with Gasteiger partial charge in [0.2, 0.25) is 0 Å². The number of nitrogens with zero attached hydrogens (tertiary/aromatic N) is 1. The fourth-order valence-electron chi connectivity index (χ4n) is 3.26. The van der Waals surface area contributed by atoms with Crippen LogP contribution in [0.4, 0.5) is 0 Å². The molecule has 0 aliphatic carbocycles. The average Bonchev–Trinajstić information content (AvgIpc) is 2.72. The van der Waals surface area contributed by atoms with Crippen molar-refractivity contribution in [3.63, 3.8) is 0 Å². The molecule has 0 saturated carbocycles. The van der Waals surface area contributed by atoms with Crippen molar-refractivity contribution in [1.82, 2.24) is 10.2 Å². The number of nitrogens with one attached hydrogen (secondary N) is 2. The third-order valence-corrected chi connectivity index (χ3v) is 4.89. The van der Waals surface area contributed by atoms with Crippen LogP contribution in [0.25, 0.3) is 0 Å². The van der Waals surface area contributed by atoms with E-state index >= 15 is 0 Å². The van der Waals surface area contributed by atoms with Crippen LogP contribution < -0.4 is 15.0 Å². The van der Waals surface area contributed by atoms with Gasteiger partial charge in [-0.1, -0.05) is 42.5 Å². The Bertz CT molecular complexity index is 777. The number of quaternary nitrogens is 1. The van der Waals surface area contributed by atoms with Crippen LogP contribution in [0.1, 0.15) is 18.1 Å². The summed E-state index contributed by atoms with van der Waals surface area (Å²) >= 11 is 0. The summed E-state index contributed by atoms with van der Waals surface area (Å²) in [6, 6.07) is 17.9. The minimum Gasteiger partial charge on any atom is -0.489 e. The van der Waals surface area contributed by atoms with Gasteiger partial charge in [-0.2, -0.15) is 0 Å². The predicted octanol–water partition coefficient (Wildman–Crippen LogP) is 0.629. The molecule has 0 spiro atoms. The molecule has 6 nitrogen and oxygen atoms in total. The molecule has 2 aromatic rings. The molecule has 3 rings (SSSR count). The first-order valence-electron chi connectivity index (χ1n) is 9.77. The summed E-state index contributed by atoms with van der Waals surface area (Å²) < 4.78 is 5.81. The van der Waals surface area contributed by atoms with Gasteiger partial charge in [0.05, 0.1) is 13.1 Å². The van der Waals surface area contributed by atoms with Gasteiger partial charge in [-0.3, -0.25) is 9.59 Å². The quantitative estimate of drug-likeness (QED) is 0.704. The molecule has 1 saturated heterocycles. The van der Waals surface area contributed by atoms with Gasteiger partial charge in [0, 0.05) is 13.1 Å². The first-order valence-corrected chi connectivity index (χ1v) is 9.77. The number of hydrogen-bond acceptors (Lipinski definition) is 3. The third-order valence-electron chi connectivity index (χ3n) is 4.89. The van der Waals surface area contributed by atoms with Gasteiger partial charge in [-0.25, -0.2) is 0 Å². The second kappa shape index (κ2) is 9.90. The van der Waals surface area contributed by atoms with Crippen LogP contribution in [-0.2, 0) is 22.7 Å². The maximum absolute atomic E-state index is 12.6. The minimum absolute atomic E-state index is 0.0168. The van der Waals surface area contributed by atoms with E-state index in [1.807, 2.05) is 66.4 Å². The van der Waals surface area contributed by atoms with E-state index in [4.69, 9.17) is 4.74 Å². The van der Waals surface area contributed by atoms with Crippen LogP contribution in [0.15, 0.2) is 54.6 Å². The van der Waals surface area contributed by atoms with Crippen molar-refractivity contribution < 1.29 is 19.2 Å². The number of rotatable bonds is 8. The lowest BCUT2D eigenvalue weighted by Gasteiger charge is -2.26. The highest BCUT2D eigenvalue weighted by atomic mass is 16.5. The zero-order valence-corrected chi connectivity index (χ0v) is 16.3. The molecule has 2 N–H and O–H groups in total. The number of likely N-dealkylation sites (N-methyl/N-ethyl adjacent to an activating group) is 1. The van der Waals surface area contributed by atoms with Crippen LogP contribution in [0.2, 0.25) is 0 Å². The highest BCUT2D eigenvalue weighted by Crippen LogP contribution is 2.15. The van der Waals surface area contributed by atoms with E-state index in [2.05, 4.69) is 5.32 Å². The lowest BCUT2D eigenvalue weighted by Crippen LogP contribution is -3.16. The number of ether oxygens (including phenoxy) is 1. The molecule has 0 bridgehead atoms. The Morgan fingerprint density at radius 2 is 1.86 bits per heavy atom. The number of benzene rings is 2. The zero-order valence-electron chi connectivity index (χ0n) is 16.3. The Hall–Kier alpha value is -2.86. The number of hydrogen-bond donors (Lipinski definition) is 2. The Kier molecular flexibility index (Phi) is 7.03. The molecular weight excluding hydrogens is 354 g/mol. The first kappa shape index (κ1) is 19.9. The van der Waals surface area contributed by atoms with E-state index in [0.29, 0.717) is 39.3 Å². The maximum atomic E-state index is 12.6. The molecule has 0 radical (unpaired) electrons. The fraction of sp³-hybridized carbons (Fsp3) is 0.364. The second-order valence-corrected chi connectivity index (χ2v) is 7.03. The summed E-state index contributed by atoms with van der Waals surface area (Å²) in [5.41, 5.74) is 2.19. The first-order chi connectivity index (χ1) is 13.6. The second-order valence-electron chi connectivity index (χ2n) is 7.03. The Morgan fingerprint density at radius 1 is 1.11 bits per heavy atom. The van der Waals surface area contributed by atoms with Crippen molar-refractivity contribution in [3.05, 3.63) is 65.7 Å². The largest absolute Gasteiger partial charge is 0.489 e. The SMILES string of the molecule is CCN(Cc1ccc(OCc2ccccc2)cc1)C(=O)C[NH+]1CCNC(=O)C1. The van der Waals surface area contributed by atoms with Gasteiger partial charge >= 0.3 is 0 Å². The predicted molar refractivity (Wildman–Crippen MR) is 107 cm³/mol. The lowest BCUT2D eigenvalue weighted by atomic mass is 10.2. The van der Waals surface area contributed by atoms with Gasteiger partial charge in [0.1, 0.15) is 12.4 Å². The Morgan fingerprint density at radius 3 is 2.54 bits per heavy atom. The number of carbonyl (C=O) groups is 2. The molecule has 1 heterocycles. The average molecular weight is 382 g/mol. The van der Waals surface area contributed by atoms with Crippen molar-refractivity contribution in [2.45, 2.75) is 20.1 Å². The van der Waals surface area contributed by atoms with Gasteiger partial charge in [0.15, 0.2) is 13.1 Å². The minimum atomic E-state index is 0.0168. The van der Waals surface area contributed by atoms with Gasteiger partial charge < -0.3 is 19.9 Å². The van der Waals surface area contributed by atoms with E-state index < -0.39 is 0 Å². The molecule has 6 heteroatoms. The number of amides is 2. The van der Waals surface area contributed by atoms with E-state index in [-0.39, 0.29) is 11.8 Å². The zero-order chi connectivity index (χ0) is 19.8. The highest BCUT2D eigenvalue weighted by Gasteiger charge is 2.24. The summed E-state index contributed by atoms with van der Waals surface area (Å²) in [5.74, 6) is 0.908. The van der Waals surface area contributed by atoms with Crippen LogP contribution in [0.3, 0.4) is 0 Å². The number of carbonyl (C=O) groups excluding carboxylic acids is 2. The van der Waals surface area contributed by atoms with Gasteiger partial charge in [0.25, 0.3) is 11.8 Å². The Balaban J connectivity index is 1.51. The molecule has 1 aliphatic heterocycles. The summed E-state index contributed by atoms with van der Waals surface area (Å²) in [5, 5.41) is 2.80. The smallest absolute Gasteiger partial charge is 0.278 e. The lowest BCUT2D eigenvalue weighted by molar-refractivity contribution is -0.885. The molecule has 28 heavy (non-hydrogen) atoms. The van der Waals surface area contributed by atoms with Crippen LogP contribution in [0, 0.1) is 0 Å². The molecule has 0 aromatic heterocycles. The van der Waals surface area contributed by atoms with E-state index in [9.17, 15) is 9.59 Å². The Labute approximate surface area is 166 Å². The molecule has 1 aliphatic rings. The summed E-state index contributed by atoms with van der Waals surface area (Å²) in [6.45, 7) is 5.88. The molecule has 2 aromatic carbocycles. The van der Waals surface area contributed by atoms with Gasteiger partial charge in [-0.05, 0) is 30.2 Å². The summed E-state index contributed by atoms with van der Waals surface area (Å²) in [4.78, 5) is 27.0. The molecule has 1 fully saturated rings. The highest BCUT2D eigenvalue weighted by molar-refractivity contribution is 5.79. The standard InChI is InChI=1S/C22H27N3O3/c1-2-25(22(27)16-24-13-12-23-21(26)15-24)14-18-8-10-20(11-9-18)28-17-19-6-4-3-5-7-19/h3-11H,2,12-17H2,1H3,(H,23,26)/p+1. The fourth-order valence-corrected chi connectivity index (χ4v) is 3.26. The summed E-state index contributed by atoms with van der Waals surface area (Å²) in [6.07, 6.45) is 0. The van der Waals surface area contributed by atoms with Crippen molar-refractivity contribution in [1.29, 1.82) is 0 Å². The van der Waals surface area contributed by atoms with E-state index in [1.54, 1.807) is 0 Å². The van der Waals surface area contributed by atoms with Crippen LogP contribution in [0.5, 0.6) is 5.75 Å². The van der Waals surface area contributed by atoms with Crippen molar-refractivity contribution in [2.75, 3.05) is 32.7 Å². The van der Waals surface area contributed by atoms with E-state index in [0.717, 1.165) is 28.3 Å². The molecule has 1 unspecified atom stereocenters. The third kappa shape index (κ3) is 5.82. The molecule has 148 valence electrons. The van der Waals surface area contributed by atoms with Gasteiger partial charge in [-0.15, -0.1) is 0 Å². The van der Waals surface area contributed by atoms with Crippen LogP contribution in [-0.4, -0.2) is 49.4 Å².